The van der Waals surface area contributed by atoms with Crippen molar-refractivity contribution in [3.63, 3.8) is 0 Å². The minimum absolute atomic E-state index is 0.216. The summed E-state index contributed by atoms with van der Waals surface area (Å²) >= 11 is 1.51. The highest BCUT2D eigenvalue weighted by molar-refractivity contribution is 7.10. The molecule has 124 valence electrons. The van der Waals surface area contributed by atoms with Crippen LogP contribution in [0.3, 0.4) is 0 Å². The molecule has 2 heterocycles. The fourth-order valence-corrected chi connectivity index (χ4v) is 3.51. The number of amides is 3. The molecule has 1 atom stereocenters. The molecule has 0 unspecified atom stereocenters. The fraction of sp³-hybridized carbons (Fsp3) is 0.222. The largest absolute Gasteiger partial charge is 0.326 e. The van der Waals surface area contributed by atoms with Gasteiger partial charge >= 0.3 is 6.03 Å². The summed E-state index contributed by atoms with van der Waals surface area (Å²) in [6.07, 6.45) is 0. The Kier molecular flexibility index (Phi) is 4.40. The van der Waals surface area contributed by atoms with Gasteiger partial charge < -0.3 is 16.0 Å². The Bertz CT molecular complexity index is 825. The second kappa shape index (κ2) is 6.49. The van der Waals surface area contributed by atoms with Crippen LogP contribution in [0.25, 0.3) is 0 Å². The zero-order valence-electron chi connectivity index (χ0n) is 13.8. The summed E-state index contributed by atoms with van der Waals surface area (Å²) in [6, 6.07) is 9.01. The predicted octanol–water partition coefficient (Wildman–Crippen LogP) is 3.63. The zero-order chi connectivity index (χ0) is 17.3. The van der Waals surface area contributed by atoms with Gasteiger partial charge in [0.2, 0.25) is 0 Å². The highest BCUT2D eigenvalue weighted by Gasteiger charge is 2.31. The normalized spacial score (nSPS) is 17.3. The van der Waals surface area contributed by atoms with E-state index in [2.05, 4.69) is 16.0 Å². The van der Waals surface area contributed by atoms with Gasteiger partial charge in [0, 0.05) is 16.3 Å². The Hall–Kier alpha value is -2.60. The van der Waals surface area contributed by atoms with Crippen molar-refractivity contribution in [2.24, 2.45) is 0 Å². The van der Waals surface area contributed by atoms with E-state index >= 15 is 0 Å². The molecule has 3 N–H and O–H groups in total. The van der Waals surface area contributed by atoms with Gasteiger partial charge in [-0.05, 0) is 49.4 Å². The first-order valence-electron chi connectivity index (χ1n) is 7.66. The number of carbonyl (C=O) groups excluding carboxylic acids is 2. The van der Waals surface area contributed by atoms with Crippen LogP contribution in [-0.2, 0) is 4.79 Å². The Labute approximate surface area is 144 Å². The van der Waals surface area contributed by atoms with Crippen LogP contribution in [0.2, 0.25) is 0 Å². The maximum absolute atomic E-state index is 12.9. The maximum atomic E-state index is 12.9. The van der Waals surface area contributed by atoms with Crippen molar-refractivity contribution in [2.75, 3.05) is 5.32 Å². The minimum Gasteiger partial charge on any atom is -0.326 e. The molecular weight excluding hydrogens is 322 g/mol. The molecule has 0 fully saturated rings. The number of nitrogens with one attached hydrogen (secondary N) is 3. The Morgan fingerprint density at radius 1 is 1.21 bits per heavy atom. The van der Waals surface area contributed by atoms with Crippen molar-refractivity contribution in [1.82, 2.24) is 10.6 Å². The average Bonchev–Trinajstić information content (AvgIpc) is 3.04. The lowest BCUT2D eigenvalue weighted by Crippen LogP contribution is -2.45. The van der Waals surface area contributed by atoms with E-state index in [0.717, 1.165) is 21.7 Å². The zero-order valence-corrected chi connectivity index (χ0v) is 14.6. The topological polar surface area (TPSA) is 70.2 Å². The van der Waals surface area contributed by atoms with E-state index in [1.165, 1.54) is 11.3 Å². The highest BCUT2D eigenvalue weighted by atomic mass is 32.1. The molecule has 24 heavy (non-hydrogen) atoms. The molecule has 5 nitrogen and oxygen atoms in total. The van der Waals surface area contributed by atoms with E-state index in [4.69, 9.17) is 0 Å². The van der Waals surface area contributed by atoms with E-state index in [-0.39, 0.29) is 11.9 Å². The summed E-state index contributed by atoms with van der Waals surface area (Å²) in [4.78, 5) is 25.6. The van der Waals surface area contributed by atoms with Crippen molar-refractivity contribution in [1.29, 1.82) is 0 Å². The number of anilines is 1. The molecule has 6 heteroatoms. The number of rotatable bonds is 3. The maximum Gasteiger partial charge on any atom is 0.319 e. The molecule has 0 saturated heterocycles. The molecule has 0 aliphatic carbocycles. The van der Waals surface area contributed by atoms with Crippen molar-refractivity contribution in [3.05, 3.63) is 63.0 Å². The monoisotopic (exact) mass is 341 g/mol. The van der Waals surface area contributed by atoms with Crippen LogP contribution in [0, 0.1) is 13.8 Å². The standard InChI is InChI=1S/C18H19N3O2S/c1-10-6-7-11(2)13(9-10)20-17(22)15-12(3)19-18(23)21-16(15)14-5-4-8-24-14/h4-9,16H,1-3H3,(H,20,22)(H2,19,21,23)/t16-/m0/s1. The fourth-order valence-electron chi connectivity index (χ4n) is 2.72. The molecule has 1 aromatic heterocycles. The molecule has 1 aliphatic heterocycles. The summed E-state index contributed by atoms with van der Waals surface area (Å²) in [5.41, 5.74) is 3.94. The summed E-state index contributed by atoms with van der Waals surface area (Å²) in [7, 11) is 0. The van der Waals surface area contributed by atoms with Crippen LogP contribution >= 0.6 is 11.3 Å². The van der Waals surface area contributed by atoms with Crippen molar-refractivity contribution < 1.29 is 9.59 Å². The SMILES string of the molecule is CC1=C(C(=O)Nc2cc(C)ccc2C)[C@H](c2cccs2)NC(=O)N1. The lowest BCUT2D eigenvalue weighted by Gasteiger charge is -2.27. The van der Waals surface area contributed by atoms with E-state index in [1.54, 1.807) is 6.92 Å². The molecule has 1 aliphatic rings. The average molecular weight is 341 g/mol. The molecule has 1 aromatic carbocycles. The van der Waals surface area contributed by atoms with Gasteiger partial charge in [0.05, 0.1) is 11.6 Å². The third-order valence-corrected chi connectivity index (χ3v) is 4.92. The van der Waals surface area contributed by atoms with Gasteiger partial charge in [-0.1, -0.05) is 18.2 Å². The summed E-state index contributed by atoms with van der Waals surface area (Å²) in [6.45, 7) is 5.68. The summed E-state index contributed by atoms with van der Waals surface area (Å²) in [5.74, 6) is -0.216. The molecule has 3 rings (SSSR count). The number of aryl methyl sites for hydroxylation is 2. The number of hydrogen-bond acceptors (Lipinski definition) is 3. The van der Waals surface area contributed by atoms with Gasteiger partial charge in [-0.15, -0.1) is 11.3 Å². The van der Waals surface area contributed by atoms with Gasteiger partial charge in [-0.25, -0.2) is 4.79 Å². The number of thiophene rings is 1. The number of benzene rings is 1. The molecule has 0 spiro atoms. The molecule has 0 radical (unpaired) electrons. The first-order valence-corrected chi connectivity index (χ1v) is 8.54. The second-order valence-corrected chi connectivity index (χ2v) is 6.84. The highest BCUT2D eigenvalue weighted by Crippen LogP contribution is 2.30. The van der Waals surface area contributed by atoms with Crippen molar-refractivity contribution >= 4 is 29.0 Å². The first-order chi connectivity index (χ1) is 11.5. The molecular formula is C18H19N3O2S. The smallest absolute Gasteiger partial charge is 0.319 e. The summed E-state index contributed by atoms with van der Waals surface area (Å²) < 4.78 is 0. The lowest BCUT2D eigenvalue weighted by atomic mass is 10.00. The van der Waals surface area contributed by atoms with Gasteiger partial charge in [-0.2, -0.15) is 0 Å². The van der Waals surface area contributed by atoms with Gasteiger partial charge in [-0.3, -0.25) is 4.79 Å². The predicted molar refractivity (Wildman–Crippen MR) is 96.0 cm³/mol. The van der Waals surface area contributed by atoms with Crippen LogP contribution in [-0.4, -0.2) is 11.9 Å². The van der Waals surface area contributed by atoms with Crippen molar-refractivity contribution in [2.45, 2.75) is 26.8 Å². The van der Waals surface area contributed by atoms with Crippen LogP contribution in [0.1, 0.15) is 29.0 Å². The lowest BCUT2D eigenvalue weighted by molar-refractivity contribution is -0.113. The van der Waals surface area contributed by atoms with Crippen LogP contribution in [0.4, 0.5) is 10.5 Å². The molecule has 2 aromatic rings. The van der Waals surface area contributed by atoms with Crippen LogP contribution < -0.4 is 16.0 Å². The van der Waals surface area contributed by atoms with Crippen molar-refractivity contribution in [3.8, 4) is 0 Å². The third-order valence-electron chi connectivity index (χ3n) is 3.98. The van der Waals surface area contributed by atoms with E-state index in [0.29, 0.717) is 11.3 Å². The van der Waals surface area contributed by atoms with Gasteiger partial charge in [0.25, 0.3) is 5.91 Å². The number of hydrogen-bond donors (Lipinski definition) is 3. The number of urea groups is 1. The van der Waals surface area contributed by atoms with Crippen LogP contribution in [0.5, 0.6) is 0 Å². The number of carbonyl (C=O) groups is 2. The Balaban J connectivity index is 1.95. The van der Waals surface area contributed by atoms with E-state index < -0.39 is 6.04 Å². The Morgan fingerprint density at radius 3 is 2.71 bits per heavy atom. The van der Waals surface area contributed by atoms with Gasteiger partial charge in [0.15, 0.2) is 0 Å². The molecule has 0 saturated carbocycles. The van der Waals surface area contributed by atoms with Crippen LogP contribution in [0.15, 0.2) is 47.0 Å². The second-order valence-electron chi connectivity index (χ2n) is 5.86. The van der Waals surface area contributed by atoms with E-state index in [1.807, 2.05) is 49.6 Å². The molecule has 0 bridgehead atoms. The number of allylic oxidation sites excluding steroid dienone is 1. The van der Waals surface area contributed by atoms with E-state index in [9.17, 15) is 9.59 Å². The van der Waals surface area contributed by atoms with Gasteiger partial charge in [0.1, 0.15) is 0 Å². The minimum atomic E-state index is -0.441. The first kappa shape index (κ1) is 16.3. The third kappa shape index (κ3) is 3.19. The summed E-state index contributed by atoms with van der Waals surface area (Å²) in [5, 5.41) is 10.4. The Morgan fingerprint density at radius 2 is 2.00 bits per heavy atom. The molecule has 3 amide bonds. The quantitative estimate of drug-likeness (QED) is 0.798.